The van der Waals surface area contributed by atoms with Crippen LogP contribution in [0.15, 0.2) is 35.4 Å². The fourth-order valence-corrected chi connectivity index (χ4v) is 2.92. The third kappa shape index (κ3) is 8.60. The number of aryl methyl sites for hydroxylation is 1. The molecule has 0 aromatic heterocycles. The van der Waals surface area contributed by atoms with Crippen molar-refractivity contribution in [3.63, 3.8) is 0 Å². The van der Waals surface area contributed by atoms with Gasteiger partial charge >= 0.3 is 0 Å². The molecule has 0 unspecified atom stereocenters. The molecule has 0 aliphatic heterocycles. The first-order valence-electron chi connectivity index (χ1n) is 10.2. The van der Waals surface area contributed by atoms with Gasteiger partial charge in [-0.2, -0.15) is 0 Å². The average molecular weight is 359 g/mol. The zero-order valence-electron chi connectivity index (χ0n) is 17.5. The fourth-order valence-electron chi connectivity index (χ4n) is 2.92. The topological polar surface area (TPSA) is 29.5 Å². The van der Waals surface area contributed by atoms with Gasteiger partial charge in [-0.25, -0.2) is 0 Å². The Labute approximate surface area is 161 Å². The second kappa shape index (κ2) is 12.6. The van der Waals surface area contributed by atoms with E-state index >= 15 is 0 Å². The molecule has 0 radical (unpaired) electrons. The Morgan fingerprint density at radius 2 is 1.81 bits per heavy atom. The molecule has 1 N–H and O–H groups in total. The first-order valence-corrected chi connectivity index (χ1v) is 10.2. The fraction of sp³-hybridized carbons (Fsp3) is 0.583. The highest BCUT2D eigenvalue weighted by Crippen LogP contribution is 2.32. The van der Waals surface area contributed by atoms with E-state index in [9.17, 15) is 5.11 Å². The summed E-state index contributed by atoms with van der Waals surface area (Å²) in [5.41, 5.74) is 4.81. The van der Waals surface area contributed by atoms with E-state index in [1.54, 1.807) is 0 Å². The van der Waals surface area contributed by atoms with Crippen molar-refractivity contribution in [3.8, 4) is 11.5 Å². The van der Waals surface area contributed by atoms with Gasteiger partial charge in [-0.3, -0.25) is 0 Å². The number of phenols is 1. The average Bonchev–Trinajstić information content (AvgIpc) is 2.58. The van der Waals surface area contributed by atoms with Crippen LogP contribution in [-0.2, 0) is 12.8 Å². The summed E-state index contributed by atoms with van der Waals surface area (Å²) < 4.78 is 5.96. The first kappa shape index (κ1) is 22.3. The van der Waals surface area contributed by atoms with Crippen LogP contribution in [0.3, 0.4) is 0 Å². The molecule has 0 spiro atoms. The number of unbranched alkanes of at least 4 members (excludes halogenated alkanes) is 2. The van der Waals surface area contributed by atoms with Gasteiger partial charge < -0.3 is 9.84 Å². The zero-order chi connectivity index (χ0) is 19.4. The molecule has 0 aliphatic rings. The van der Waals surface area contributed by atoms with Crippen molar-refractivity contribution in [3.05, 3.63) is 46.6 Å². The van der Waals surface area contributed by atoms with Gasteiger partial charge in [0.1, 0.15) is 11.5 Å². The summed E-state index contributed by atoms with van der Waals surface area (Å²) in [5, 5.41) is 10.6. The molecule has 26 heavy (non-hydrogen) atoms. The van der Waals surface area contributed by atoms with Gasteiger partial charge in [0.05, 0.1) is 6.61 Å². The molecule has 0 heterocycles. The van der Waals surface area contributed by atoms with E-state index in [2.05, 4.69) is 52.8 Å². The lowest BCUT2D eigenvalue weighted by Crippen LogP contribution is -2.01. The van der Waals surface area contributed by atoms with Crippen molar-refractivity contribution in [2.75, 3.05) is 6.61 Å². The lowest BCUT2D eigenvalue weighted by atomic mass is 10.00. The van der Waals surface area contributed by atoms with Crippen LogP contribution in [0.4, 0.5) is 0 Å². The van der Waals surface area contributed by atoms with Crippen LogP contribution >= 0.6 is 0 Å². The molecule has 0 fully saturated rings. The highest BCUT2D eigenvalue weighted by molar-refractivity contribution is 5.48. The molecule has 1 rings (SSSR count). The monoisotopic (exact) mass is 358 g/mol. The molecular formula is C24H38O2. The molecule has 0 saturated heterocycles. The van der Waals surface area contributed by atoms with Crippen molar-refractivity contribution in [2.45, 2.75) is 86.0 Å². The normalized spacial score (nSPS) is 11.5. The summed E-state index contributed by atoms with van der Waals surface area (Å²) in [6.07, 6.45) is 12.9. The second-order valence-electron chi connectivity index (χ2n) is 7.47. The molecular weight excluding hydrogens is 320 g/mol. The first-order chi connectivity index (χ1) is 12.5. The Morgan fingerprint density at radius 1 is 1.04 bits per heavy atom. The molecule has 1 aromatic carbocycles. The molecule has 2 nitrogen and oxygen atoms in total. The number of ether oxygens (including phenoxy) is 1. The summed E-state index contributed by atoms with van der Waals surface area (Å²) in [6, 6.07) is 4.06. The Bertz CT molecular complexity index is 592. The van der Waals surface area contributed by atoms with Crippen molar-refractivity contribution in [1.29, 1.82) is 0 Å². The number of allylic oxidation sites excluding steroid dienone is 4. The van der Waals surface area contributed by atoms with Crippen LogP contribution in [0, 0.1) is 0 Å². The SMILES string of the molecule is CCCCCc1cc(O)c(C/C=C(\C)CCC=C(C)C)c(OCCC)c1. The second-order valence-corrected chi connectivity index (χ2v) is 7.47. The largest absolute Gasteiger partial charge is 0.508 e. The molecule has 2 heteroatoms. The lowest BCUT2D eigenvalue weighted by Gasteiger charge is -2.14. The molecule has 0 bridgehead atoms. The minimum atomic E-state index is 0.374. The summed E-state index contributed by atoms with van der Waals surface area (Å²) in [5.74, 6) is 1.23. The van der Waals surface area contributed by atoms with Crippen LogP contribution in [0.5, 0.6) is 11.5 Å². The Hall–Kier alpha value is -1.70. The predicted molar refractivity (Wildman–Crippen MR) is 113 cm³/mol. The van der Waals surface area contributed by atoms with Crippen molar-refractivity contribution in [1.82, 2.24) is 0 Å². The summed E-state index contributed by atoms with van der Waals surface area (Å²) >= 11 is 0. The van der Waals surface area contributed by atoms with Gasteiger partial charge in [-0.1, -0.05) is 50.0 Å². The molecule has 0 amide bonds. The van der Waals surface area contributed by atoms with Crippen LogP contribution < -0.4 is 4.74 Å². The number of rotatable bonds is 12. The van der Waals surface area contributed by atoms with Gasteiger partial charge in [0, 0.05) is 5.56 Å². The van der Waals surface area contributed by atoms with Gasteiger partial charge in [0.2, 0.25) is 0 Å². The van der Waals surface area contributed by atoms with E-state index in [0.29, 0.717) is 12.4 Å². The highest BCUT2D eigenvalue weighted by Gasteiger charge is 2.11. The van der Waals surface area contributed by atoms with E-state index in [4.69, 9.17) is 4.74 Å². The van der Waals surface area contributed by atoms with Gasteiger partial charge in [0.15, 0.2) is 0 Å². The van der Waals surface area contributed by atoms with E-state index in [-0.39, 0.29) is 0 Å². The van der Waals surface area contributed by atoms with Crippen LogP contribution in [0.25, 0.3) is 0 Å². The maximum atomic E-state index is 10.6. The Balaban J connectivity index is 2.88. The zero-order valence-corrected chi connectivity index (χ0v) is 17.5. The quantitative estimate of drug-likeness (QED) is 0.317. The smallest absolute Gasteiger partial charge is 0.126 e. The summed E-state index contributed by atoms with van der Waals surface area (Å²) in [7, 11) is 0. The van der Waals surface area contributed by atoms with Crippen LogP contribution in [0.2, 0.25) is 0 Å². The third-order valence-corrected chi connectivity index (χ3v) is 4.52. The molecule has 1 aromatic rings. The van der Waals surface area contributed by atoms with Gasteiger partial charge in [0.25, 0.3) is 0 Å². The van der Waals surface area contributed by atoms with E-state index in [1.807, 2.05) is 6.07 Å². The van der Waals surface area contributed by atoms with E-state index in [1.165, 1.54) is 29.6 Å². The van der Waals surface area contributed by atoms with Crippen molar-refractivity contribution < 1.29 is 9.84 Å². The number of benzene rings is 1. The van der Waals surface area contributed by atoms with Crippen LogP contribution in [0.1, 0.15) is 84.3 Å². The van der Waals surface area contributed by atoms with Crippen molar-refractivity contribution >= 4 is 0 Å². The number of hydrogen-bond donors (Lipinski definition) is 1. The predicted octanol–water partition coefficient (Wildman–Crippen LogP) is 7.15. The summed E-state index contributed by atoms with van der Waals surface area (Å²) in [4.78, 5) is 0. The standard InChI is InChI=1S/C24H38O2/c1-6-8-9-13-21-17-23(25)22(24(18-21)26-16-7-2)15-14-20(5)12-10-11-19(3)4/h11,14,17-18,25H,6-10,12-13,15-16H2,1-5H3/b20-14+. The Morgan fingerprint density at radius 3 is 2.46 bits per heavy atom. The van der Waals surface area contributed by atoms with Gasteiger partial charge in [-0.15, -0.1) is 0 Å². The summed E-state index contributed by atoms with van der Waals surface area (Å²) in [6.45, 7) is 11.4. The molecule has 146 valence electrons. The molecule has 0 atom stereocenters. The van der Waals surface area contributed by atoms with Crippen molar-refractivity contribution in [2.24, 2.45) is 0 Å². The molecule has 0 saturated carbocycles. The Kier molecular flexibility index (Phi) is 10.8. The third-order valence-electron chi connectivity index (χ3n) is 4.52. The van der Waals surface area contributed by atoms with Gasteiger partial charge in [-0.05, 0) is 77.0 Å². The lowest BCUT2D eigenvalue weighted by molar-refractivity contribution is 0.311. The maximum absolute atomic E-state index is 10.6. The molecule has 0 aliphatic carbocycles. The number of hydrogen-bond acceptors (Lipinski definition) is 2. The number of phenolic OH excluding ortho intramolecular Hbond substituents is 1. The minimum Gasteiger partial charge on any atom is -0.508 e. The van der Waals surface area contributed by atoms with Crippen LogP contribution in [-0.4, -0.2) is 11.7 Å². The highest BCUT2D eigenvalue weighted by atomic mass is 16.5. The minimum absolute atomic E-state index is 0.374. The van der Waals surface area contributed by atoms with E-state index in [0.717, 1.165) is 49.8 Å². The van der Waals surface area contributed by atoms with E-state index < -0.39 is 0 Å². The number of aromatic hydroxyl groups is 1. The maximum Gasteiger partial charge on any atom is 0.126 e.